The second-order valence-corrected chi connectivity index (χ2v) is 17.1. The fourth-order valence-corrected chi connectivity index (χ4v) is 12.3. The van der Waals surface area contributed by atoms with Crippen molar-refractivity contribution in [3.63, 3.8) is 0 Å². The van der Waals surface area contributed by atoms with Gasteiger partial charge >= 0.3 is 78.2 Å². The molecule has 0 bridgehead atoms. The smallest absolute Gasteiger partial charge is 0.0339 e. The predicted octanol–water partition coefficient (Wildman–Crippen LogP) is 3.32. The van der Waals surface area contributed by atoms with Crippen LogP contribution in [0.5, 0.6) is 0 Å². The minimum absolute atomic E-state index is 0.309. The molecule has 0 aliphatic rings. The standard InChI is InChI=1S/C19H16.Mo.H3O4P.H2O.5O.W/c1-4-10-16(11-5-1)19(17-12-6-2-7-13-17)18-14-8-3-9-15-18;;1-5(2,3)4;;;;;;;/h1-15,19H;;(H3,1,2,3,4);1H2;;;;;;/q;+1;;;;;;;;+1/p-2. The number of phosphoric acid groups is 1. The zero-order valence-electron chi connectivity index (χ0n) is 16.2. The van der Waals surface area contributed by atoms with E-state index in [2.05, 4.69) is 96.2 Å². The summed E-state index contributed by atoms with van der Waals surface area (Å²) in [5.41, 5.74) is 4.00. The van der Waals surface area contributed by atoms with E-state index in [-0.39, 0.29) is 0 Å². The van der Waals surface area contributed by atoms with E-state index in [1.54, 1.807) is 0 Å². The molecule has 3 rings (SSSR count). The SMILES string of the molecule is O=P(O)(O)[O][W](=[O])(=[O])[O][Mo](=[O])(=[O])[OH].c1ccc(C(c2ccccc2)c2ccccc2)cc1. The second kappa shape index (κ2) is 11.4. The zero-order chi connectivity index (χ0) is 23.8. The van der Waals surface area contributed by atoms with Crippen LogP contribution in [0.3, 0.4) is 0 Å². The van der Waals surface area contributed by atoms with Crippen LogP contribution in [0, 0.1) is 0 Å². The van der Waals surface area contributed by atoms with Gasteiger partial charge in [0, 0.05) is 5.92 Å². The van der Waals surface area contributed by atoms with Crippen LogP contribution in [0.15, 0.2) is 91.0 Å². The van der Waals surface area contributed by atoms with Gasteiger partial charge in [-0.05, 0) is 16.7 Å². The summed E-state index contributed by atoms with van der Waals surface area (Å²) in [5, 5.41) is 0. The van der Waals surface area contributed by atoms with Gasteiger partial charge in [0.15, 0.2) is 0 Å². The fourth-order valence-electron chi connectivity index (χ4n) is 2.75. The first kappa shape index (κ1) is 26.5. The van der Waals surface area contributed by atoms with Gasteiger partial charge in [-0.15, -0.1) is 0 Å². The largest absolute Gasteiger partial charge is 0.0622 e. The molecule has 3 aromatic rings. The van der Waals surface area contributed by atoms with Crippen LogP contribution >= 0.6 is 7.82 Å². The molecule has 0 amide bonds. The summed E-state index contributed by atoms with van der Waals surface area (Å²) in [6.45, 7) is 0. The van der Waals surface area contributed by atoms with Crippen molar-refractivity contribution in [2.75, 3.05) is 0 Å². The Labute approximate surface area is 191 Å². The van der Waals surface area contributed by atoms with Crippen molar-refractivity contribution in [1.82, 2.24) is 0 Å². The molecule has 0 unspecified atom stereocenters. The molecule has 32 heavy (non-hydrogen) atoms. The van der Waals surface area contributed by atoms with E-state index in [1.165, 1.54) is 16.7 Å². The third kappa shape index (κ3) is 9.82. The first-order chi connectivity index (χ1) is 14.9. The minimum atomic E-state index is -6.75. The molecule has 0 heterocycles. The van der Waals surface area contributed by atoms with E-state index in [4.69, 9.17) is 13.5 Å². The number of hydrogen-bond donors (Lipinski definition) is 3. The summed E-state index contributed by atoms with van der Waals surface area (Å²) in [6.07, 6.45) is 0. The summed E-state index contributed by atoms with van der Waals surface area (Å²) < 4.78 is 64.3. The first-order valence-corrected chi connectivity index (χ1v) is 18.4. The molecular weight excluding hydrogens is 699 g/mol. The van der Waals surface area contributed by atoms with Gasteiger partial charge in [0.1, 0.15) is 0 Å². The van der Waals surface area contributed by atoms with Crippen LogP contribution in [-0.4, -0.2) is 13.5 Å². The third-order valence-corrected chi connectivity index (χ3v) is 16.2. The topological polar surface area (TPSA) is 164 Å². The monoisotopic (exact) mass is 720 g/mol. The van der Waals surface area contributed by atoms with Crippen LogP contribution in [0.1, 0.15) is 22.6 Å². The molecule has 3 aromatic carbocycles. The van der Waals surface area contributed by atoms with E-state index in [1.807, 2.05) is 0 Å². The average molecular weight is 718 g/mol. The Morgan fingerprint density at radius 1 is 0.719 bits per heavy atom. The molecule has 13 heteroatoms. The Morgan fingerprint density at radius 3 is 1.28 bits per heavy atom. The van der Waals surface area contributed by atoms with E-state index in [9.17, 15) is 18.2 Å². The maximum atomic E-state index is 10.3. The molecule has 0 aliphatic carbocycles. The summed E-state index contributed by atoms with van der Waals surface area (Å²) in [6, 6.07) is 32.0. The Morgan fingerprint density at radius 2 is 1.03 bits per heavy atom. The quantitative estimate of drug-likeness (QED) is 0.188. The predicted molar refractivity (Wildman–Crippen MR) is 99.4 cm³/mol. The van der Waals surface area contributed by atoms with Crippen LogP contribution in [0.2, 0.25) is 0 Å². The van der Waals surface area contributed by atoms with E-state index in [0.717, 1.165) is 0 Å². The first-order valence-electron chi connectivity index (χ1n) is 8.71. The van der Waals surface area contributed by atoms with Gasteiger partial charge in [0.25, 0.3) is 0 Å². The van der Waals surface area contributed by atoms with Crippen molar-refractivity contribution in [2.45, 2.75) is 5.92 Å². The Balaban J connectivity index is 0.000000247. The van der Waals surface area contributed by atoms with Crippen molar-refractivity contribution in [3.8, 4) is 0 Å². The van der Waals surface area contributed by atoms with Gasteiger partial charge in [-0.2, -0.15) is 0 Å². The molecule has 0 spiro atoms. The molecule has 0 fully saturated rings. The molecule has 0 saturated heterocycles. The van der Waals surface area contributed by atoms with Crippen molar-refractivity contribution in [1.29, 1.82) is 0 Å². The van der Waals surface area contributed by atoms with Gasteiger partial charge < -0.3 is 0 Å². The molecule has 3 N–H and O–H groups in total. The van der Waals surface area contributed by atoms with Crippen LogP contribution in [0.4, 0.5) is 0 Å². The van der Waals surface area contributed by atoms with Crippen LogP contribution in [-0.2, 0) is 56.9 Å². The normalized spacial score (nSPS) is 12.1. The molecule has 0 radical (unpaired) electrons. The summed E-state index contributed by atoms with van der Waals surface area (Å²) >= 11 is -13.1. The molecule has 0 aliphatic heterocycles. The van der Waals surface area contributed by atoms with Gasteiger partial charge in [-0.1, -0.05) is 91.0 Å². The maximum absolute atomic E-state index is 10.3. The number of benzene rings is 3. The van der Waals surface area contributed by atoms with E-state index >= 15 is 0 Å². The van der Waals surface area contributed by atoms with Gasteiger partial charge in [0.05, 0.1) is 0 Å². The summed E-state index contributed by atoms with van der Waals surface area (Å²) in [5.74, 6) is 0.309. The van der Waals surface area contributed by atoms with Crippen molar-refractivity contribution in [3.05, 3.63) is 108 Å². The maximum Gasteiger partial charge on any atom is 0.0339 e. The molecule has 0 aromatic heterocycles. The van der Waals surface area contributed by atoms with Gasteiger partial charge in [0.2, 0.25) is 0 Å². The van der Waals surface area contributed by atoms with Gasteiger partial charge in [-0.25, -0.2) is 0 Å². The van der Waals surface area contributed by atoms with Crippen molar-refractivity contribution in [2.24, 2.45) is 0 Å². The van der Waals surface area contributed by atoms with Crippen molar-refractivity contribution >= 4 is 7.82 Å². The fraction of sp³-hybridized carbons (Fsp3) is 0.0526. The summed E-state index contributed by atoms with van der Waals surface area (Å²) in [4.78, 5) is 15.9. The Kier molecular flexibility index (Phi) is 9.46. The van der Waals surface area contributed by atoms with Crippen LogP contribution in [0.25, 0.3) is 0 Å². The Bertz CT molecular complexity index is 1150. The van der Waals surface area contributed by atoms with Crippen molar-refractivity contribution < 1.29 is 70.4 Å². The summed E-state index contributed by atoms with van der Waals surface area (Å²) in [7, 11) is -5.39. The second-order valence-electron chi connectivity index (χ2n) is 6.13. The van der Waals surface area contributed by atoms with Crippen LogP contribution < -0.4 is 0 Å². The number of hydrogen-bond acceptors (Lipinski definition) is 7. The molecule has 0 saturated carbocycles. The van der Waals surface area contributed by atoms with E-state index in [0.29, 0.717) is 5.92 Å². The average Bonchev–Trinajstić information content (AvgIpc) is 2.67. The molecule has 0 atom stereocenters. The Hall–Kier alpha value is -1.73. The van der Waals surface area contributed by atoms with E-state index < -0.39 is 41.3 Å². The molecule has 10 nitrogen and oxygen atoms in total. The third-order valence-electron chi connectivity index (χ3n) is 3.76. The van der Waals surface area contributed by atoms with Gasteiger partial charge in [-0.3, -0.25) is 0 Å². The zero-order valence-corrected chi connectivity index (χ0v) is 22.0. The molecular formula is C19H19MoO10PW. The molecule has 172 valence electrons. The minimum Gasteiger partial charge on any atom is -0.0622 e. The number of rotatable bonds is 7.